The summed E-state index contributed by atoms with van der Waals surface area (Å²) in [6, 6.07) is 8.28. The largest absolute Gasteiger partial charge is 0.507 e. The van der Waals surface area contributed by atoms with Gasteiger partial charge in [0.1, 0.15) is 11.5 Å². The van der Waals surface area contributed by atoms with Crippen LogP contribution in [0.5, 0.6) is 11.5 Å². The van der Waals surface area contributed by atoms with E-state index >= 15 is 0 Å². The van der Waals surface area contributed by atoms with Crippen LogP contribution in [0.2, 0.25) is 0 Å². The van der Waals surface area contributed by atoms with Crippen molar-refractivity contribution in [2.45, 2.75) is 102 Å². The first-order chi connectivity index (χ1) is 17.2. The molecule has 2 aromatic carbocycles. The van der Waals surface area contributed by atoms with Crippen molar-refractivity contribution >= 4 is 12.6 Å². The summed E-state index contributed by atoms with van der Waals surface area (Å²) in [7, 11) is 0. The summed E-state index contributed by atoms with van der Waals surface area (Å²) >= 11 is 0. The lowest BCUT2D eigenvalue weighted by atomic mass is 9.41. The van der Waals surface area contributed by atoms with Gasteiger partial charge in [0.05, 0.1) is 11.1 Å². The van der Waals surface area contributed by atoms with Gasteiger partial charge < -0.3 is 10.2 Å². The van der Waals surface area contributed by atoms with E-state index in [0.29, 0.717) is 23.0 Å². The normalized spacial score (nSPS) is 30.2. The minimum absolute atomic E-state index is 0.0342. The number of rotatable bonds is 8. The molecule has 192 valence electrons. The average Bonchev–Trinajstić information content (AvgIpc) is 2.87. The van der Waals surface area contributed by atoms with Crippen LogP contribution < -0.4 is 0 Å². The summed E-state index contributed by atoms with van der Waals surface area (Å²) in [5.74, 6) is 1.83. The number of phenolic OH excluding ortho intramolecular Hbond substituents is 2. The van der Waals surface area contributed by atoms with Gasteiger partial charge >= 0.3 is 0 Å². The molecule has 4 fully saturated rings. The molecular weight excluding hydrogens is 448 g/mol. The van der Waals surface area contributed by atoms with Crippen molar-refractivity contribution in [3.63, 3.8) is 0 Å². The highest BCUT2D eigenvalue weighted by Gasteiger charge is 2.59. The molecule has 4 aliphatic rings. The van der Waals surface area contributed by atoms with Crippen molar-refractivity contribution in [3.8, 4) is 11.5 Å². The number of carbonyl (C=O) groups is 2. The SMILES string of the molecule is CCC(C)c1cc(C23CC4CC(C2)CC(c2cc(C=O)c(O)c(C(C)CC)c2)(C4)C3)cc(C=O)c1O. The molecule has 2 unspecified atom stereocenters. The molecule has 0 heterocycles. The van der Waals surface area contributed by atoms with E-state index in [4.69, 9.17) is 0 Å². The molecule has 0 aromatic heterocycles. The van der Waals surface area contributed by atoms with Crippen LogP contribution in [0.15, 0.2) is 24.3 Å². The smallest absolute Gasteiger partial charge is 0.153 e. The number of phenols is 2. The van der Waals surface area contributed by atoms with Crippen molar-refractivity contribution in [2.24, 2.45) is 11.8 Å². The Labute approximate surface area is 215 Å². The summed E-state index contributed by atoms with van der Waals surface area (Å²) in [5.41, 5.74) is 4.91. The number of benzene rings is 2. The second-order valence-electron chi connectivity index (χ2n) is 12.4. The van der Waals surface area contributed by atoms with E-state index < -0.39 is 0 Å². The maximum absolute atomic E-state index is 12.0. The number of hydrogen-bond acceptors (Lipinski definition) is 4. The van der Waals surface area contributed by atoms with Crippen LogP contribution in [-0.2, 0) is 10.8 Å². The second kappa shape index (κ2) is 9.04. The number of carbonyl (C=O) groups excluding carboxylic acids is 2. The van der Waals surface area contributed by atoms with Crippen molar-refractivity contribution < 1.29 is 19.8 Å². The Kier molecular flexibility index (Phi) is 6.29. The molecule has 2 N–H and O–H groups in total. The van der Waals surface area contributed by atoms with Crippen LogP contribution in [0, 0.1) is 11.8 Å². The zero-order chi connectivity index (χ0) is 25.8. The fraction of sp³-hybridized carbons (Fsp3) is 0.562. The van der Waals surface area contributed by atoms with Gasteiger partial charge in [-0.25, -0.2) is 0 Å². The highest BCUT2D eigenvalue weighted by molar-refractivity contribution is 5.81. The van der Waals surface area contributed by atoms with E-state index in [0.717, 1.165) is 68.6 Å². The Morgan fingerprint density at radius 1 is 0.778 bits per heavy atom. The molecule has 4 nitrogen and oxygen atoms in total. The highest BCUT2D eigenvalue weighted by Crippen LogP contribution is 2.66. The minimum atomic E-state index is -0.0342. The van der Waals surface area contributed by atoms with Crippen molar-refractivity contribution in [2.75, 3.05) is 0 Å². The van der Waals surface area contributed by atoms with Gasteiger partial charge in [0.15, 0.2) is 12.6 Å². The molecule has 0 aliphatic heterocycles. The molecule has 0 radical (unpaired) electrons. The van der Waals surface area contributed by atoms with Crippen molar-refractivity contribution in [1.29, 1.82) is 0 Å². The number of hydrogen-bond donors (Lipinski definition) is 2. The molecule has 36 heavy (non-hydrogen) atoms. The molecular formula is C32H40O4. The Hall–Kier alpha value is -2.62. The first-order valence-electron chi connectivity index (χ1n) is 13.8. The van der Waals surface area contributed by atoms with E-state index in [1.165, 1.54) is 17.5 Å². The quantitative estimate of drug-likeness (QED) is 0.376. The van der Waals surface area contributed by atoms with Gasteiger partial charge in [0.2, 0.25) is 0 Å². The highest BCUT2D eigenvalue weighted by atomic mass is 16.3. The molecule has 4 bridgehead atoms. The van der Waals surface area contributed by atoms with Crippen LogP contribution in [0.4, 0.5) is 0 Å². The lowest BCUT2D eigenvalue weighted by Crippen LogP contribution is -2.56. The number of aromatic hydroxyl groups is 2. The Morgan fingerprint density at radius 3 is 1.50 bits per heavy atom. The predicted molar refractivity (Wildman–Crippen MR) is 142 cm³/mol. The Balaban J connectivity index is 1.65. The van der Waals surface area contributed by atoms with Crippen LogP contribution in [0.1, 0.15) is 134 Å². The Morgan fingerprint density at radius 2 is 1.17 bits per heavy atom. The van der Waals surface area contributed by atoms with Gasteiger partial charge in [-0.1, -0.05) is 39.8 Å². The van der Waals surface area contributed by atoms with E-state index in [-0.39, 0.29) is 34.2 Å². The molecule has 6 rings (SSSR count). The third-order valence-corrected chi connectivity index (χ3v) is 10.2. The lowest BCUT2D eigenvalue weighted by molar-refractivity contribution is -0.0282. The van der Waals surface area contributed by atoms with E-state index in [1.54, 1.807) is 0 Å². The summed E-state index contributed by atoms with van der Waals surface area (Å²) in [5, 5.41) is 21.7. The van der Waals surface area contributed by atoms with Gasteiger partial charge in [0, 0.05) is 0 Å². The third kappa shape index (κ3) is 3.79. The second-order valence-corrected chi connectivity index (χ2v) is 12.4. The van der Waals surface area contributed by atoms with Crippen molar-refractivity contribution in [3.05, 3.63) is 57.6 Å². The van der Waals surface area contributed by atoms with Gasteiger partial charge in [-0.15, -0.1) is 0 Å². The van der Waals surface area contributed by atoms with Gasteiger partial charge in [-0.2, -0.15) is 0 Å². The predicted octanol–water partition coefficient (Wildman–Crippen LogP) is 7.54. The summed E-state index contributed by atoms with van der Waals surface area (Å²) in [4.78, 5) is 23.9. The molecule has 2 atom stereocenters. The lowest BCUT2D eigenvalue weighted by Gasteiger charge is -2.63. The fourth-order valence-electron chi connectivity index (χ4n) is 8.28. The third-order valence-electron chi connectivity index (χ3n) is 10.2. The van der Waals surface area contributed by atoms with Gasteiger partial charge in [0.25, 0.3) is 0 Å². The van der Waals surface area contributed by atoms with E-state index in [1.807, 2.05) is 12.1 Å². The fourth-order valence-corrected chi connectivity index (χ4v) is 8.28. The summed E-state index contributed by atoms with van der Waals surface area (Å²) in [6.07, 6.45) is 10.1. The molecule has 4 saturated carbocycles. The monoisotopic (exact) mass is 488 g/mol. The summed E-state index contributed by atoms with van der Waals surface area (Å²) in [6.45, 7) is 8.45. The number of aldehydes is 2. The Bertz CT molecular complexity index is 1090. The van der Waals surface area contributed by atoms with Crippen LogP contribution in [0.25, 0.3) is 0 Å². The zero-order valence-electron chi connectivity index (χ0n) is 22.1. The van der Waals surface area contributed by atoms with Gasteiger partial charge in [-0.3, -0.25) is 9.59 Å². The topological polar surface area (TPSA) is 74.6 Å². The maximum Gasteiger partial charge on any atom is 0.153 e. The maximum atomic E-state index is 12.0. The average molecular weight is 489 g/mol. The van der Waals surface area contributed by atoms with E-state index in [2.05, 4.69) is 39.8 Å². The first-order valence-corrected chi connectivity index (χ1v) is 13.8. The summed E-state index contributed by atoms with van der Waals surface area (Å²) < 4.78 is 0. The zero-order valence-corrected chi connectivity index (χ0v) is 22.1. The molecule has 0 saturated heterocycles. The molecule has 0 amide bonds. The molecule has 2 aromatic rings. The van der Waals surface area contributed by atoms with Crippen LogP contribution in [0.3, 0.4) is 0 Å². The van der Waals surface area contributed by atoms with Gasteiger partial charge in [-0.05, 0) is 120 Å². The molecule has 4 aliphatic carbocycles. The molecule has 0 spiro atoms. The molecule has 4 heteroatoms. The van der Waals surface area contributed by atoms with Crippen molar-refractivity contribution in [1.82, 2.24) is 0 Å². The standard InChI is InChI=1S/C32H40O4/c1-5-19(3)27-10-25(8-23(16-33)29(27)35)31-12-21-7-22(13-31)15-32(14-21,18-31)26-9-24(17-34)30(36)28(11-26)20(4)6-2/h8-11,16-17,19-22,35-36H,5-7,12-15,18H2,1-4H3. The first kappa shape index (κ1) is 25.0. The van der Waals surface area contributed by atoms with Crippen LogP contribution in [-0.4, -0.2) is 22.8 Å². The minimum Gasteiger partial charge on any atom is -0.507 e. The van der Waals surface area contributed by atoms with Crippen LogP contribution >= 0.6 is 0 Å². The van der Waals surface area contributed by atoms with E-state index in [9.17, 15) is 19.8 Å².